The SMILES string of the molecule is NC(=O)C=CCCN1CCCC1. The van der Waals surface area contributed by atoms with E-state index < -0.39 is 0 Å². The van der Waals surface area contributed by atoms with Crippen LogP contribution in [0.1, 0.15) is 19.3 Å². The monoisotopic (exact) mass is 168 g/mol. The van der Waals surface area contributed by atoms with Crippen LogP contribution >= 0.6 is 0 Å². The number of rotatable bonds is 4. The average Bonchev–Trinajstić information content (AvgIpc) is 2.49. The lowest BCUT2D eigenvalue weighted by Crippen LogP contribution is -2.19. The van der Waals surface area contributed by atoms with Crippen molar-refractivity contribution < 1.29 is 4.79 Å². The Morgan fingerprint density at radius 2 is 2.08 bits per heavy atom. The maximum Gasteiger partial charge on any atom is 0.241 e. The summed E-state index contributed by atoms with van der Waals surface area (Å²) in [7, 11) is 0. The van der Waals surface area contributed by atoms with Gasteiger partial charge in [-0.15, -0.1) is 0 Å². The Kier molecular flexibility index (Phi) is 3.80. The van der Waals surface area contributed by atoms with Gasteiger partial charge in [-0.05, 0) is 38.4 Å². The molecular formula is C9H16N2O. The van der Waals surface area contributed by atoms with Crippen LogP contribution in [0, 0.1) is 0 Å². The third-order valence-corrected chi connectivity index (χ3v) is 2.09. The maximum atomic E-state index is 10.3. The fourth-order valence-electron chi connectivity index (χ4n) is 1.46. The maximum absolute atomic E-state index is 10.3. The molecule has 0 atom stereocenters. The van der Waals surface area contributed by atoms with Crippen molar-refractivity contribution in [3.63, 3.8) is 0 Å². The summed E-state index contributed by atoms with van der Waals surface area (Å²) in [6.07, 6.45) is 6.86. The average molecular weight is 168 g/mol. The van der Waals surface area contributed by atoms with Crippen LogP contribution in [0.3, 0.4) is 0 Å². The number of nitrogens with two attached hydrogens (primary N) is 1. The Labute approximate surface area is 73.2 Å². The molecule has 1 aliphatic rings. The highest BCUT2D eigenvalue weighted by atomic mass is 16.1. The summed E-state index contributed by atoms with van der Waals surface area (Å²) in [5.74, 6) is -0.351. The first-order valence-electron chi connectivity index (χ1n) is 4.47. The Balaban J connectivity index is 2.05. The van der Waals surface area contributed by atoms with Crippen LogP contribution in [0.4, 0.5) is 0 Å². The number of nitrogens with zero attached hydrogens (tertiary/aromatic N) is 1. The first-order valence-corrected chi connectivity index (χ1v) is 4.47. The fourth-order valence-corrected chi connectivity index (χ4v) is 1.46. The van der Waals surface area contributed by atoms with E-state index in [0.29, 0.717) is 0 Å². The molecule has 3 heteroatoms. The number of hydrogen-bond donors (Lipinski definition) is 1. The molecule has 2 N–H and O–H groups in total. The van der Waals surface area contributed by atoms with Gasteiger partial charge >= 0.3 is 0 Å². The summed E-state index contributed by atoms with van der Waals surface area (Å²) < 4.78 is 0. The zero-order valence-corrected chi connectivity index (χ0v) is 7.33. The highest BCUT2D eigenvalue weighted by Gasteiger charge is 2.09. The second-order valence-electron chi connectivity index (χ2n) is 3.14. The predicted octanol–water partition coefficient (Wildman–Crippen LogP) is 0.514. The molecule has 1 rings (SSSR count). The minimum atomic E-state index is -0.351. The van der Waals surface area contributed by atoms with Crippen LogP contribution in [0.25, 0.3) is 0 Å². The summed E-state index contributed by atoms with van der Waals surface area (Å²) in [5.41, 5.74) is 4.95. The van der Waals surface area contributed by atoms with Crippen LogP contribution < -0.4 is 5.73 Å². The quantitative estimate of drug-likeness (QED) is 0.622. The van der Waals surface area contributed by atoms with Crippen LogP contribution in [0.15, 0.2) is 12.2 Å². The van der Waals surface area contributed by atoms with Gasteiger partial charge in [0.1, 0.15) is 0 Å². The van der Waals surface area contributed by atoms with Gasteiger partial charge < -0.3 is 10.6 Å². The van der Waals surface area contributed by atoms with Gasteiger partial charge in [-0.25, -0.2) is 0 Å². The lowest BCUT2D eigenvalue weighted by atomic mass is 10.3. The molecule has 1 heterocycles. The highest BCUT2D eigenvalue weighted by Crippen LogP contribution is 2.07. The molecule has 0 aliphatic carbocycles. The molecule has 0 unspecified atom stereocenters. The van der Waals surface area contributed by atoms with E-state index in [0.717, 1.165) is 13.0 Å². The van der Waals surface area contributed by atoms with E-state index in [1.165, 1.54) is 32.0 Å². The van der Waals surface area contributed by atoms with Crippen molar-refractivity contribution in [1.82, 2.24) is 4.90 Å². The molecule has 68 valence electrons. The van der Waals surface area contributed by atoms with Crippen LogP contribution in [-0.2, 0) is 4.79 Å². The molecule has 0 saturated carbocycles. The number of carbonyl (C=O) groups is 1. The molecule has 12 heavy (non-hydrogen) atoms. The van der Waals surface area contributed by atoms with Gasteiger partial charge in [-0.3, -0.25) is 4.79 Å². The number of amides is 1. The second-order valence-corrected chi connectivity index (χ2v) is 3.14. The summed E-state index contributed by atoms with van der Waals surface area (Å²) in [4.78, 5) is 12.7. The summed E-state index contributed by atoms with van der Waals surface area (Å²) >= 11 is 0. The third-order valence-electron chi connectivity index (χ3n) is 2.09. The number of likely N-dealkylation sites (tertiary alicyclic amines) is 1. The Morgan fingerprint density at radius 1 is 1.42 bits per heavy atom. The molecule has 1 aliphatic heterocycles. The topological polar surface area (TPSA) is 46.3 Å². The normalized spacial score (nSPS) is 19.0. The van der Waals surface area contributed by atoms with Gasteiger partial charge in [0, 0.05) is 6.54 Å². The van der Waals surface area contributed by atoms with Crippen LogP contribution in [-0.4, -0.2) is 30.4 Å². The highest BCUT2D eigenvalue weighted by molar-refractivity contribution is 5.85. The van der Waals surface area contributed by atoms with Gasteiger partial charge in [0.15, 0.2) is 0 Å². The van der Waals surface area contributed by atoms with Crippen molar-refractivity contribution in [3.05, 3.63) is 12.2 Å². The second kappa shape index (κ2) is 4.93. The fraction of sp³-hybridized carbons (Fsp3) is 0.667. The van der Waals surface area contributed by atoms with E-state index in [1.54, 1.807) is 0 Å². The molecule has 1 saturated heterocycles. The van der Waals surface area contributed by atoms with Gasteiger partial charge in [0.2, 0.25) is 5.91 Å². The van der Waals surface area contributed by atoms with E-state index in [9.17, 15) is 4.79 Å². The first-order chi connectivity index (χ1) is 5.79. The van der Waals surface area contributed by atoms with Crippen molar-refractivity contribution >= 4 is 5.91 Å². The molecule has 0 aromatic carbocycles. The van der Waals surface area contributed by atoms with Gasteiger partial charge in [-0.2, -0.15) is 0 Å². The molecule has 0 radical (unpaired) electrons. The molecular weight excluding hydrogens is 152 g/mol. The zero-order valence-electron chi connectivity index (χ0n) is 7.33. The molecule has 1 fully saturated rings. The largest absolute Gasteiger partial charge is 0.366 e. The molecule has 0 bridgehead atoms. The molecule has 0 aromatic rings. The Bertz CT molecular complexity index is 171. The number of hydrogen-bond acceptors (Lipinski definition) is 2. The van der Waals surface area contributed by atoms with E-state index >= 15 is 0 Å². The lowest BCUT2D eigenvalue weighted by molar-refractivity contribution is -0.113. The molecule has 1 amide bonds. The van der Waals surface area contributed by atoms with Gasteiger partial charge in [-0.1, -0.05) is 6.08 Å². The molecule has 0 spiro atoms. The van der Waals surface area contributed by atoms with Crippen molar-refractivity contribution in [1.29, 1.82) is 0 Å². The van der Waals surface area contributed by atoms with Gasteiger partial charge in [0.05, 0.1) is 0 Å². The van der Waals surface area contributed by atoms with Crippen molar-refractivity contribution in [3.8, 4) is 0 Å². The van der Waals surface area contributed by atoms with E-state index in [-0.39, 0.29) is 5.91 Å². The zero-order chi connectivity index (χ0) is 8.81. The van der Waals surface area contributed by atoms with Crippen molar-refractivity contribution in [2.75, 3.05) is 19.6 Å². The minimum absolute atomic E-state index is 0.351. The summed E-state index contributed by atoms with van der Waals surface area (Å²) in [6, 6.07) is 0. The Hall–Kier alpha value is -0.830. The first kappa shape index (κ1) is 9.26. The van der Waals surface area contributed by atoms with Crippen molar-refractivity contribution in [2.45, 2.75) is 19.3 Å². The van der Waals surface area contributed by atoms with Gasteiger partial charge in [0.25, 0.3) is 0 Å². The third kappa shape index (κ3) is 3.53. The number of carbonyl (C=O) groups excluding carboxylic acids is 1. The van der Waals surface area contributed by atoms with E-state index in [4.69, 9.17) is 5.73 Å². The molecule has 0 aromatic heterocycles. The van der Waals surface area contributed by atoms with Crippen LogP contribution in [0.2, 0.25) is 0 Å². The standard InChI is InChI=1S/C9H16N2O/c10-9(12)5-1-2-6-11-7-3-4-8-11/h1,5H,2-4,6-8H2,(H2,10,12). The van der Waals surface area contributed by atoms with Crippen LogP contribution in [0.5, 0.6) is 0 Å². The summed E-state index contributed by atoms with van der Waals surface area (Å²) in [5, 5.41) is 0. The van der Waals surface area contributed by atoms with E-state index in [1.807, 2.05) is 6.08 Å². The predicted molar refractivity (Wildman–Crippen MR) is 48.6 cm³/mol. The van der Waals surface area contributed by atoms with E-state index in [2.05, 4.69) is 4.90 Å². The smallest absolute Gasteiger partial charge is 0.241 e. The number of primary amides is 1. The summed E-state index contributed by atoms with van der Waals surface area (Å²) in [6.45, 7) is 3.48. The van der Waals surface area contributed by atoms with Crippen molar-refractivity contribution in [2.24, 2.45) is 5.73 Å². The molecule has 3 nitrogen and oxygen atoms in total. The Morgan fingerprint density at radius 3 is 2.67 bits per heavy atom. The lowest BCUT2D eigenvalue weighted by Gasteiger charge is -2.11. The minimum Gasteiger partial charge on any atom is -0.366 e.